The Balaban J connectivity index is 2.24. The molecule has 0 aliphatic carbocycles. The molecule has 0 fully saturated rings. The van der Waals surface area contributed by atoms with Gasteiger partial charge in [0.1, 0.15) is 0 Å². The maximum absolute atomic E-state index is 11.8. The van der Waals surface area contributed by atoms with Gasteiger partial charge in [0.15, 0.2) is 5.96 Å². The van der Waals surface area contributed by atoms with E-state index in [2.05, 4.69) is 40.0 Å². The lowest BCUT2D eigenvalue weighted by molar-refractivity contribution is -0.128. The highest BCUT2D eigenvalue weighted by atomic mass is 16.5. The van der Waals surface area contributed by atoms with Crippen molar-refractivity contribution in [2.45, 2.75) is 33.3 Å². The molecule has 1 atom stereocenters. The molecule has 3 N–H and O–H groups in total. The smallest absolute Gasteiger partial charge is 0.227 e. The summed E-state index contributed by atoms with van der Waals surface area (Å²) in [5, 5.41) is 9.10. The van der Waals surface area contributed by atoms with Gasteiger partial charge in [0.25, 0.3) is 0 Å². The number of aliphatic imine (C=N–C) groups is 1. The Morgan fingerprint density at radius 1 is 1.24 bits per heavy atom. The molecular formula is C19H32N4O2. The number of nitrogens with zero attached hydrogens (tertiary/aromatic N) is 1. The van der Waals surface area contributed by atoms with E-state index in [-0.39, 0.29) is 12.0 Å². The van der Waals surface area contributed by atoms with E-state index in [9.17, 15) is 4.79 Å². The van der Waals surface area contributed by atoms with Crippen LogP contribution in [0.5, 0.6) is 0 Å². The molecule has 0 spiro atoms. The van der Waals surface area contributed by atoms with Crippen molar-refractivity contribution in [2.24, 2.45) is 10.4 Å². The lowest BCUT2D eigenvalue weighted by Gasteiger charge is -2.24. The summed E-state index contributed by atoms with van der Waals surface area (Å²) in [5.41, 5.74) is 0.685. The molecule has 1 aromatic carbocycles. The molecule has 0 aliphatic rings. The predicted molar refractivity (Wildman–Crippen MR) is 103 cm³/mol. The van der Waals surface area contributed by atoms with E-state index in [0.717, 1.165) is 13.0 Å². The Morgan fingerprint density at radius 2 is 1.92 bits per heavy atom. The molecule has 0 radical (unpaired) electrons. The average Bonchev–Trinajstić information content (AvgIpc) is 2.63. The SMILES string of the molecule is CN=C(NCCCOC(C)c1ccccc1)NCC(C)(C)C(=O)NC. The molecule has 1 rings (SSSR count). The molecular weight excluding hydrogens is 316 g/mol. The van der Waals surface area contributed by atoms with Crippen molar-refractivity contribution < 1.29 is 9.53 Å². The van der Waals surface area contributed by atoms with Crippen LogP contribution in [-0.2, 0) is 9.53 Å². The molecule has 0 saturated heterocycles. The van der Waals surface area contributed by atoms with E-state index >= 15 is 0 Å². The van der Waals surface area contributed by atoms with Crippen LogP contribution in [0.4, 0.5) is 0 Å². The van der Waals surface area contributed by atoms with Gasteiger partial charge in [0, 0.05) is 33.8 Å². The summed E-state index contributed by atoms with van der Waals surface area (Å²) in [5.74, 6) is 0.687. The van der Waals surface area contributed by atoms with Crippen molar-refractivity contribution in [1.82, 2.24) is 16.0 Å². The van der Waals surface area contributed by atoms with Crippen molar-refractivity contribution in [1.29, 1.82) is 0 Å². The molecule has 1 aromatic rings. The maximum atomic E-state index is 11.8. The molecule has 140 valence electrons. The fourth-order valence-electron chi connectivity index (χ4n) is 2.30. The number of amides is 1. The first-order valence-electron chi connectivity index (χ1n) is 8.74. The highest BCUT2D eigenvalue weighted by Crippen LogP contribution is 2.15. The van der Waals surface area contributed by atoms with E-state index in [4.69, 9.17) is 4.74 Å². The number of hydrogen-bond acceptors (Lipinski definition) is 3. The monoisotopic (exact) mass is 348 g/mol. The maximum Gasteiger partial charge on any atom is 0.227 e. The summed E-state index contributed by atoms with van der Waals surface area (Å²) < 4.78 is 5.85. The van der Waals surface area contributed by atoms with Crippen LogP contribution in [0.3, 0.4) is 0 Å². The second kappa shape index (κ2) is 10.7. The molecule has 0 heterocycles. The number of benzene rings is 1. The van der Waals surface area contributed by atoms with Crippen LogP contribution in [0.25, 0.3) is 0 Å². The second-order valence-corrected chi connectivity index (χ2v) is 6.59. The highest BCUT2D eigenvalue weighted by Gasteiger charge is 2.26. The van der Waals surface area contributed by atoms with Crippen LogP contribution in [-0.4, -0.2) is 45.7 Å². The quantitative estimate of drug-likeness (QED) is 0.363. The fraction of sp³-hybridized carbons (Fsp3) is 0.579. The second-order valence-electron chi connectivity index (χ2n) is 6.59. The summed E-state index contributed by atoms with van der Waals surface area (Å²) in [6.45, 7) is 7.78. The molecule has 0 saturated carbocycles. The van der Waals surface area contributed by atoms with Crippen molar-refractivity contribution in [3.8, 4) is 0 Å². The summed E-state index contributed by atoms with van der Waals surface area (Å²) in [6.07, 6.45) is 0.962. The number of guanidine groups is 1. The molecule has 1 amide bonds. The van der Waals surface area contributed by atoms with E-state index in [0.29, 0.717) is 19.1 Å². The Bertz CT molecular complexity index is 544. The number of ether oxygens (including phenoxy) is 1. The van der Waals surface area contributed by atoms with Gasteiger partial charge in [-0.15, -0.1) is 0 Å². The molecule has 6 nitrogen and oxygen atoms in total. The largest absolute Gasteiger partial charge is 0.374 e. The van der Waals surface area contributed by atoms with Gasteiger partial charge in [-0.25, -0.2) is 0 Å². The zero-order valence-corrected chi connectivity index (χ0v) is 16.1. The zero-order chi connectivity index (χ0) is 18.7. The van der Waals surface area contributed by atoms with Crippen molar-refractivity contribution in [3.05, 3.63) is 35.9 Å². The van der Waals surface area contributed by atoms with Crippen molar-refractivity contribution in [3.63, 3.8) is 0 Å². The topological polar surface area (TPSA) is 74.8 Å². The first-order valence-corrected chi connectivity index (χ1v) is 8.74. The fourth-order valence-corrected chi connectivity index (χ4v) is 2.30. The van der Waals surface area contributed by atoms with E-state index < -0.39 is 5.41 Å². The average molecular weight is 348 g/mol. The number of carbonyl (C=O) groups is 1. The minimum Gasteiger partial charge on any atom is -0.374 e. The van der Waals surface area contributed by atoms with Crippen LogP contribution in [0, 0.1) is 5.41 Å². The van der Waals surface area contributed by atoms with E-state index in [1.807, 2.05) is 32.0 Å². The van der Waals surface area contributed by atoms with Crippen LogP contribution < -0.4 is 16.0 Å². The Kier molecular flexibility index (Phi) is 8.99. The Labute approximate surface area is 151 Å². The first kappa shape index (κ1) is 21.0. The molecule has 0 bridgehead atoms. The standard InChI is InChI=1S/C19H32N4O2/c1-15(16-10-7-6-8-11-16)25-13-9-12-22-18(21-5)23-14-19(2,3)17(24)20-4/h6-8,10-11,15H,9,12-14H2,1-5H3,(H,20,24)(H2,21,22,23). The lowest BCUT2D eigenvalue weighted by Crippen LogP contribution is -2.47. The summed E-state index contributed by atoms with van der Waals surface area (Å²) >= 11 is 0. The van der Waals surface area contributed by atoms with Gasteiger partial charge in [0.2, 0.25) is 5.91 Å². The van der Waals surface area contributed by atoms with Crippen LogP contribution in [0.2, 0.25) is 0 Å². The van der Waals surface area contributed by atoms with Gasteiger partial charge in [0.05, 0.1) is 11.5 Å². The highest BCUT2D eigenvalue weighted by molar-refractivity contribution is 5.84. The minimum absolute atomic E-state index is 0.00115. The molecule has 0 aromatic heterocycles. The van der Waals surface area contributed by atoms with Gasteiger partial charge in [-0.3, -0.25) is 9.79 Å². The third-order valence-electron chi connectivity index (χ3n) is 4.01. The van der Waals surface area contributed by atoms with E-state index in [1.165, 1.54) is 5.56 Å². The number of nitrogens with one attached hydrogen (secondary N) is 3. The minimum atomic E-state index is -0.499. The van der Waals surface area contributed by atoms with Gasteiger partial charge < -0.3 is 20.7 Å². The third kappa shape index (κ3) is 7.56. The van der Waals surface area contributed by atoms with Crippen LogP contribution >= 0.6 is 0 Å². The Morgan fingerprint density at radius 3 is 2.52 bits per heavy atom. The molecule has 0 aliphatic heterocycles. The van der Waals surface area contributed by atoms with Gasteiger partial charge in [-0.2, -0.15) is 0 Å². The Hall–Kier alpha value is -2.08. The molecule has 25 heavy (non-hydrogen) atoms. The summed E-state index contributed by atoms with van der Waals surface area (Å²) in [4.78, 5) is 16.0. The normalized spacial score (nSPS) is 13.2. The van der Waals surface area contributed by atoms with Gasteiger partial charge in [-0.1, -0.05) is 30.3 Å². The zero-order valence-electron chi connectivity index (χ0n) is 16.1. The van der Waals surface area contributed by atoms with Crippen molar-refractivity contribution in [2.75, 3.05) is 33.8 Å². The summed E-state index contributed by atoms with van der Waals surface area (Å²) in [6, 6.07) is 10.2. The number of hydrogen-bond donors (Lipinski definition) is 3. The lowest BCUT2D eigenvalue weighted by atomic mass is 9.92. The van der Waals surface area contributed by atoms with Gasteiger partial charge >= 0.3 is 0 Å². The van der Waals surface area contributed by atoms with Gasteiger partial charge in [-0.05, 0) is 32.8 Å². The first-order chi connectivity index (χ1) is 11.9. The number of carbonyl (C=O) groups excluding carboxylic acids is 1. The van der Waals surface area contributed by atoms with E-state index in [1.54, 1.807) is 14.1 Å². The molecule has 6 heteroatoms. The summed E-state index contributed by atoms with van der Waals surface area (Å²) in [7, 11) is 3.36. The third-order valence-corrected chi connectivity index (χ3v) is 4.01. The predicted octanol–water partition coefficient (Wildman–Crippen LogP) is 2.09. The van der Waals surface area contributed by atoms with Crippen LogP contribution in [0.1, 0.15) is 38.9 Å². The number of rotatable bonds is 9. The van der Waals surface area contributed by atoms with Crippen LogP contribution in [0.15, 0.2) is 35.3 Å². The van der Waals surface area contributed by atoms with Crippen molar-refractivity contribution >= 4 is 11.9 Å². The molecule has 1 unspecified atom stereocenters.